The number of anilines is 1. The molecule has 0 spiro atoms. The number of amides is 1. The lowest BCUT2D eigenvalue weighted by Crippen LogP contribution is -2.13. The molecule has 0 radical (unpaired) electrons. The summed E-state index contributed by atoms with van der Waals surface area (Å²) in [5.41, 5.74) is 5.60. The Labute approximate surface area is 158 Å². The minimum absolute atomic E-state index is 0.0128. The molecular formula is C21H26BrNO2. The molecule has 2 aromatic rings. The predicted octanol–water partition coefficient (Wildman–Crippen LogP) is 5.81. The highest BCUT2D eigenvalue weighted by Crippen LogP contribution is 2.31. The van der Waals surface area contributed by atoms with E-state index in [2.05, 4.69) is 60.2 Å². The number of halogens is 1. The lowest BCUT2D eigenvalue weighted by molar-refractivity contribution is -0.115. The van der Waals surface area contributed by atoms with Crippen molar-refractivity contribution in [3.05, 3.63) is 57.1 Å². The van der Waals surface area contributed by atoms with E-state index >= 15 is 0 Å². The van der Waals surface area contributed by atoms with Crippen LogP contribution < -0.4 is 10.1 Å². The number of hydrogen-bond donors (Lipinski definition) is 1. The van der Waals surface area contributed by atoms with Crippen LogP contribution in [0, 0.1) is 6.92 Å². The Morgan fingerprint density at radius 2 is 1.84 bits per heavy atom. The third kappa shape index (κ3) is 4.85. The second-order valence-corrected chi connectivity index (χ2v) is 6.90. The van der Waals surface area contributed by atoms with Gasteiger partial charge in [-0.15, -0.1) is 0 Å². The molecule has 0 bridgehead atoms. The van der Waals surface area contributed by atoms with Gasteiger partial charge in [-0.1, -0.05) is 32.9 Å². The van der Waals surface area contributed by atoms with Crippen molar-refractivity contribution in [2.24, 2.45) is 0 Å². The van der Waals surface area contributed by atoms with E-state index in [0.29, 0.717) is 13.0 Å². The van der Waals surface area contributed by atoms with E-state index in [9.17, 15) is 4.79 Å². The normalized spacial score (nSPS) is 10.6. The van der Waals surface area contributed by atoms with Gasteiger partial charge >= 0.3 is 0 Å². The van der Waals surface area contributed by atoms with E-state index in [0.717, 1.165) is 34.3 Å². The molecule has 0 heterocycles. The lowest BCUT2D eigenvalue weighted by atomic mass is 10.0. The predicted molar refractivity (Wildman–Crippen MR) is 107 cm³/mol. The number of carbonyl (C=O) groups excluding carboxylic acids is 1. The van der Waals surface area contributed by atoms with E-state index in [4.69, 9.17) is 4.74 Å². The number of ether oxygens (including phenoxy) is 1. The molecule has 25 heavy (non-hydrogen) atoms. The van der Waals surface area contributed by atoms with Crippen molar-refractivity contribution in [2.75, 3.05) is 5.32 Å². The lowest BCUT2D eigenvalue weighted by Gasteiger charge is -2.17. The van der Waals surface area contributed by atoms with Crippen LogP contribution in [0.25, 0.3) is 0 Å². The van der Waals surface area contributed by atoms with Crippen molar-refractivity contribution in [3.8, 4) is 5.75 Å². The zero-order valence-corrected chi connectivity index (χ0v) is 17.0. The van der Waals surface area contributed by atoms with Gasteiger partial charge in [-0.25, -0.2) is 0 Å². The fourth-order valence-electron chi connectivity index (χ4n) is 2.83. The minimum atomic E-state index is 0.0128. The second-order valence-electron chi connectivity index (χ2n) is 6.05. The highest BCUT2D eigenvalue weighted by Gasteiger charge is 2.12. The summed E-state index contributed by atoms with van der Waals surface area (Å²) in [6.45, 7) is 8.64. The van der Waals surface area contributed by atoms with Gasteiger partial charge in [0.1, 0.15) is 12.4 Å². The average Bonchev–Trinajstić information content (AvgIpc) is 2.62. The third-order valence-electron chi connectivity index (χ3n) is 4.39. The molecule has 2 rings (SSSR count). The van der Waals surface area contributed by atoms with Gasteiger partial charge in [-0.3, -0.25) is 4.79 Å². The molecule has 4 heteroatoms. The van der Waals surface area contributed by atoms with E-state index in [1.807, 2.05) is 19.1 Å². The van der Waals surface area contributed by atoms with Crippen LogP contribution in [0.3, 0.4) is 0 Å². The zero-order chi connectivity index (χ0) is 18.4. The Morgan fingerprint density at radius 3 is 2.48 bits per heavy atom. The molecule has 0 aromatic heterocycles. The summed E-state index contributed by atoms with van der Waals surface area (Å²) >= 11 is 3.61. The Morgan fingerprint density at radius 1 is 1.12 bits per heavy atom. The summed E-state index contributed by atoms with van der Waals surface area (Å²) in [6, 6.07) is 10.2. The molecule has 0 atom stereocenters. The Bertz CT molecular complexity index is 756. The average molecular weight is 404 g/mol. The van der Waals surface area contributed by atoms with E-state index in [-0.39, 0.29) is 5.91 Å². The van der Waals surface area contributed by atoms with E-state index in [1.54, 1.807) is 0 Å². The van der Waals surface area contributed by atoms with Crippen LogP contribution in [0.2, 0.25) is 0 Å². The first-order valence-corrected chi connectivity index (χ1v) is 9.61. The van der Waals surface area contributed by atoms with Gasteiger partial charge in [-0.05, 0) is 70.6 Å². The Hall–Kier alpha value is -1.81. The molecule has 0 aliphatic rings. The van der Waals surface area contributed by atoms with Crippen molar-refractivity contribution < 1.29 is 9.53 Å². The van der Waals surface area contributed by atoms with E-state index in [1.165, 1.54) is 16.7 Å². The number of hydrogen-bond acceptors (Lipinski definition) is 2. The molecule has 1 amide bonds. The standard InChI is InChI=1S/C21H26BrNO2/c1-5-15-9-8-10-19(23-21(24)7-3)17(15)13-25-20-11-14(4)16(6-2)12-18(20)22/h8-12H,5-7,13H2,1-4H3,(H,23,24). The van der Waals surface area contributed by atoms with Gasteiger partial charge < -0.3 is 10.1 Å². The van der Waals surface area contributed by atoms with Crippen LogP contribution in [0.1, 0.15) is 49.4 Å². The van der Waals surface area contributed by atoms with Crippen molar-refractivity contribution >= 4 is 27.5 Å². The number of benzene rings is 2. The van der Waals surface area contributed by atoms with Crippen LogP contribution in [0.4, 0.5) is 5.69 Å². The van der Waals surface area contributed by atoms with Crippen LogP contribution in [0.15, 0.2) is 34.8 Å². The van der Waals surface area contributed by atoms with Crippen molar-refractivity contribution in [3.63, 3.8) is 0 Å². The van der Waals surface area contributed by atoms with Gasteiger partial charge in [-0.2, -0.15) is 0 Å². The molecule has 134 valence electrons. The SMILES string of the molecule is CCC(=O)Nc1cccc(CC)c1COc1cc(C)c(CC)cc1Br. The number of rotatable bonds is 7. The van der Waals surface area contributed by atoms with Crippen molar-refractivity contribution in [2.45, 2.75) is 53.6 Å². The molecule has 0 saturated carbocycles. The number of carbonyl (C=O) groups is 1. The van der Waals surface area contributed by atoms with Crippen LogP contribution >= 0.6 is 15.9 Å². The van der Waals surface area contributed by atoms with Crippen molar-refractivity contribution in [1.29, 1.82) is 0 Å². The van der Waals surface area contributed by atoms with Gasteiger partial charge in [0, 0.05) is 17.7 Å². The maximum atomic E-state index is 11.8. The largest absolute Gasteiger partial charge is 0.488 e. The number of nitrogens with one attached hydrogen (secondary N) is 1. The second kappa shape index (κ2) is 9.04. The van der Waals surface area contributed by atoms with Gasteiger partial charge in [0.2, 0.25) is 5.91 Å². The fourth-order valence-corrected chi connectivity index (χ4v) is 3.33. The van der Waals surface area contributed by atoms with Crippen LogP contribution in [-0.2, 0) is 24.2 Å². The Kier molecular flexibility index (Phi) is 7.06. The highest BCUT2D eigenvalue weighted by molar-refractivity contribution is 9.10. The van der Waals surface area contributed by atoms with Gasteiger partial charge in [0.15, 0.2) is 0 Å². The smallest absolute Gasteiger partial charge is 0.224 e. The monoisotopic (exact) mass is 403 g/mol. The fraction of sp³-hybridized carbons (Fsp3) is 0.381. The molecule has 0 unspecified atom stereocenters. The molecular weight excluding hydrogens is 378 g/mol. The highest BCUT2D eigenvalue weighted by atomic mass is 79.9. The summed E-state index contributed by atoms with van der Waals surface area (Å²) in [4.78, 5) is 11.8. The van der Waals surface area contributed by atoms with Gasteiger partial charge in [0.05, 0.1) is 4.47 Å². The quantitative estimate of drug-likeness (QED) is 0.633. The molecule has 3 nitrogen and oxygen atoms in total. The first-order chi connectivity index (χ1) is 12.0. The zero-order valence-electron chi connectivity index (χ0n) is 15.4. The summed E-state index contributed by atoms with van der Waals surface area (Å²) < 4.78 is 7.06. The van der Waals surface area contributed by atoms with Crippen LogP contribution in [0.5, 0.6) is 5.75 Å². The van der Waals surface area contributed by atoms with Crippen LogP contribution in [-0.4, -0.2) is 5.91 Å². The third-order valence-corrected chi connectivity index (χ3v) is 5.01. The van der Waals surface area contributed by atoms with E-state index < -0.39 is 0 Å². The van der Waals surface area contributed by atoms with Crippen molar-refractivity contribution in [1.82, 2.24) is 0 Å². The molecule has 1 N–H and O–H groups in total. The molecule has 0 aliphatic carbocycles. The Balaban J connectivity index is 2.28. The van der Waals surface area contributed by atoms with Gasteiger partial charge in [0.25, 0.3) is 0 Å². The molecule has 2 aromatic carbocycles. The summed E-state index contributed by atoms with van der Waals surface area (Å²) in [5, 5.41) is 2.98. The minimum Gasteiger partial charge on any atom is -0.488 e. The molecule has 0 aliphatic heterocycles. The number of aryl methyl sites for hydroxylation is 3. The molecule has 0 saturated heterocycles. The summed E-state index contributed by atoms with van der Waals surface area (Å²) in [7, 11) is 0. The first kappa shape index (κ1) is 19.5. The maximum Gasteiger partial charge on any atom is 0.224 e. The summed E-state index contributed by atoms with van der Waals surface area (Å²) in [6.07, 6.45) is 2.35. The summed E-state index contributed by atoms with van der Waals surface area (Å²) in [5.74, 6) is 0.840. The maximum absolute atomic E-state index is 11.8. The molecule has 0 fully saturated rings. The first-order valence-electron chi connectivity index (χ1n) is 8.82. The topological polar surface area (TPSA) is 38.3 Å².